The van der Waals surface area contributed by atoms with Crippen LogP contribution in [0.5, 0.6) is 0 Å². The predicted octanol–water partition coefficient (Wildman–Crippen LogP) is 0.379. The molecule has 2 heterocycles. The highest BCUT2D eigenvalue weighted by Crippen LogP contribution is 2.15. The summed E-state index contributed by atoms with van der Waals surface area (Å²) in [6.45, 7) is 10.1. The summed E-state index contributed by atoms with van der Waals surface area (Å²) in [4.78, 5) is 5.19. The first-order chi connectivity index (χ1) is 8.38. The Morgan fingerprint density at radius 3 is 2.71 bits per heavy atom. The molecule has 1 unspecified atom stereocenters. The van der Waals surface area contributed by atoms with E-state index in [9.17, 15) is 0 Å². The quantitative estimate of drug-likeness (QED) is 0.755. The van der Waals surface area contributed by atoms with Gasteiger partial charge in [0, 0.05) is 26.2 Å². The van der Waals surface area contributed by atoms with E-state index in [-0.39, 0.29) is 0 Å². The second kappa shape index (κ2) is 7.31. The lowest BCUT2D eigenvalue weighted by Crippen LogP contribution is -2.34. The van der Waals surface area contributed by atoms with Crippen LogP contribution >= 0.6 is 0 Å². The van der Waals surface area contributed by atoms with Gasteiger partial charge in [0.05, 0.1) is 6.61 Å². The van der Waals surface area contributed by atoms with Crippen molar-refractivity contribution in [3.8, 4) is 0 Å². The molecule has 1 atom stereocenters. The van der Waals surface area contributed by atoms with Crippen molar-refractivity contribution in [1.82, 2.24) is 9.80 Å². The summed E-state index contributed by atoms with van der Waals surface area (Å²) in [5, 5.41) is 0. The lowest BCUT2D eigenvalue weighted by Gasteiger charge is -2.23. The number of nitrogens with two attached hydrogens (primary N) is 1. The molecule has 0 aliphatic carbocycles. The number of nitrogens with zero attached hydrogens (tertiary/aromatic N) is 2. The first kappa shape index (κ1) is 13.3. The topological polar surface area (TPSA) is 41.7 Å². The van der Waals surface area contributed by atoms with Crippen molar-refractivity contribution in [2.45, 2.75) is 19.3 Å². The fourth-order valence-electron chi connectivity index (χ4n) is 2.84. The van der Waals surface area contributed by atoms with Crippen molar-refractivity contribution in [2.75, 3.05) is 59.0 Å². The molecule has 2 rings (SSSR count). The highest BCUT2D eigenvalue weighted by atomic mass is 16.5. The molecule has 0 saturated carbocycles. The van der Waals surface area contributed by atoms with Gasteiger partial charge in [-0.05, 0) is 51.4 Å². The molecule has 2 aliphatic heterocycles. The van der Waals surface area contributed by atoms with Gasteiger partial charge in [0.2, 0.25) is 0 Å². The van der Waals surface area contributed by atoms with Gasteiger partial charge in [0.15, 0.2) is 0 Å². The molecule has 2 fully saturated rings. The summed E-state index contributed by atoms with van der Waals surface area (Å²) in [6.07, 6.45) is 3.70. The van der Waals surface area contributed by atoms with Crippen LogP contribution in [0.3, 0.4) is 0 Å². The van der Waals surface area contributed by atoms with E-state index in [4.69, 9.17) is 10.5 Å². The number of ether oxygens (including phenoxy) is 1. The highest BCUT2D eigenvalue weighted by molar-refractivity contribution is 4.74. The van der Waals surface area contributed by atoms with Gasteiger partial charge in [-0.25, -0.2) is 0 Å². The Morgan fingerprint density at radius 2 is 1.94 bits per heavy atom. The molecule has 2 saturated heterocycles. The van der Waals surface area contributed by atoms with Crippen LogP contribution in [-0.2, 0) is 4.74 Å². The third-order valence-corrected chi connectivity index (χ3v) is 3.90. The zero-order valence-electron chi connectivity index (χ0n) is 10.9. The third-order valence-electron chi connectivity index (χ3n) is 3.90. The van der Waals surface area contributed by atoms with Crippen LogP contribution in [0.25, 0.3) is 0 Å². The van der Waals surface area contributed by atoms with Gasteiger partial charge in [-0.15, -0.1) is 0 Å². The van der Waals surface area contributed by atoms with Crippen LogP contribution in [0.4, 0.5) is 0 Å². The van der Waals surface area contributed by atoms with E-state index in [1.807, 2.05) is 0 Å². The van der Waals surface area contributed by atoms with Crippen LogP contribution in [-0.4, -0.2) is 68.8 Å². The average molecular weight is 241 g/mol. The molecule has 0 aromatic carbocycles. The summed E-state index contributed by atoms with van der Waals surface area (Å²) >= 11 is 0. The Bertz CT molecular complexity index is 207. The van der Waals surface area contributed by atoms with Crippen LogP contribution < -0.4 is 5.73 Å². The molecular formula is C13H27N3O. The van der Waals surface area contributed by atoms with Crippen LogP contribution in [0, 0.1) is 5.92 Å². The molecule has 2 N–H and O–H groups in total. The minimum absolute atomic E-state index is 0.783. The molecule has 0 amide bonds. The Hall–Kier alpha value is -0.160. The van der Waals surface area contributed by atoms with Crippen molar-refractivity contribution in [1.29, 1.82) is 0 Å². The maximum atomic E-state index is 5.57. The smallest absolute Gasteiger partial charge is 0.0507 e. The molecular weight excluding hydrogens is 214 g/mol. The summed E-state index contributed by atoms with van der Waals surface area (Å²) in [7, 11) is 0. The zero-order chi connectivity index (χ0) is 11.9. The number of hydrogen-bond donors (Lipinski definition) is 1. The molecule has 4 heteroatoms. The van der Waals surface area contributed by atoms with E-state index in [0.717, 1.165) is 32.1 Å². The first-order valence-corrected chi connectivity index (χ1v) is 7.11. The van der Waals surface area contributed by atoms with E-state index in [1.165, 1.54) is 52.1 Å². The summed E-state index contributed by atoms with van der Waals surface area (Å²) in [5.74, 6) is 0.783. The van der Waals surface area contributed by atoms with Gasteiger partial charge in [0.25, 0.3) is 0 Å². The van der Waals surface area contributed by atoms with Gasteiger partial charge in [0.1, 0.15) is 0 Å². The van der Waals surface area contributed by atoms with Gasteiger partial charge in [-0.2, -0.15) is 0 Å². The SMILES string of the molecule is NCCCN1CCCN(CC2CCOC2)CC1. The molecule has 0 spiro atoms. The second-order valence-electron chi connectivity index (χ2n) is 5.37. The van der Waals surface area contributed by atoms with Crippen molar-refractivity contribution in [3.63, 3.8) is 0 Å². The summed E-state index contributed by atoms with van der Waals surface area (Å²) in [5.41, 5.74) is 5.57. The molecule has 0 radical (unpaired) electrons. The fourth-order valence-corrected chi connectivity index (χ4v) is 2.84. The maximum absolute atomic E-state index is 5.57. The summed E-state index contributed by atoms with van der Waals surface area (Å²) < 4.78 is 5.45. The standard InChI is InChI=1S/C13H27N3O/c14-4-1-5-15-6-2-7-16(9-8-15)11-13-3-10-17-12-13/h13H,1-12,14H2. The Labute approximate surface area is 105 Å². The lowest BCUT2D eigenvalue weighted by molar-refractivity contribution is 0.167. The average Bonchev–Trinajstić information content (AvgIpc) is 2.74. The van der Waals surface area contributed by atoms with E-state index >= 15 is 0 Å². The monoisotopic (exact) mass is 241 g/mol. The summed E-state index contributed by atoms with van der Waals surface area (Å²) in [6, 6.07) is 0. The van der Waals surface area contributed by atoms with Gasteiger partial charge in [-0.3, -0.25) is 0 Å². The Morgan fingerprint density at radius 1 is 1.12 bits per heavy atom. The zero-order valence-corrected chi connectivity index (χ0v) is 10.9. The second-order valence-corrected chi connectivity index (χ2v) is 5.37. The van der Waals surface area contributed by atoms with Crippen molar-refractivity contribution in [2.24, 2.45) is 11.7 Å². The lowest BCUT2D eigenvalue weighted by atomic mass is 10.1. The Balaban J connectivity index is 1.67. The molecule has 0 aromatic heterocycles. The highest BCUT2D eigenvalue weighted by Gasteiger charge is 2.21. The van der Waals surface area contributed by atoms with Gasteiger partial charge < -0.3 is 20.3 Å². The molecule has 17 heavy (non-hydrogen) atoms. The Kier molecular flexibility index (Phi) is 5.71. The predicted molar refractivity (Wildman–Crippen MR) is 70.1 cm³/mol. The molecule has 0 aromatic rings. The van der Waals surface area contributed by atoms with Gasteiger partial charge in [-0.1, -0.05) is 0 Å². The maximum Gasteiger partial charge on any atom is 0.0507 e. The van der Waals surface area contributed by atoms with Crippen molar-refractivity contribution >= 4 is 0 Å². The van der Waals surface area contributed by atoms with E-state index in [0.29, 0.717) is 0 Å². The van der Waals surface area contributed by atoms with E-state index < -0.39 is 0 Å². The largest absolute Gasteiger partial charge is 0.381 e. The molecule has 4 nitrogen and oxygen atoms in total. The van der Waals surface area contributed by atoms with E-state index in [1.54, 1.807) is 0 Å². The minimum Gasteiger partial charge on any atom is -0.381 e. The molecule has 100 valence electrons. The minimum atomic E-state index is 0.783. The van der Waals surface area contributed by atoms with Crippen LogP contribution in [0.15, 0.2) is 0 Å². The van der Waals surface area contributed by atoms with Crippen molar-refractivity contribution in [3.05, 3.63) is 0 Å². The molecule has 2 aliphatic rings. The van der Waals surface area contributed by atoms with Crippen LogP contribution in [0.2, 0.25) is 0 Å². The normalized spacial score (nSPS) is 28.4. The van der Waals surface area contributed by atoms with Crippen LogP contribution in [0.1, 0.15) is 19.3 Å². The number of rotatable bonds is 5. The van der Waals surface area contributed by atoms with Crippen molar-refractivity contribution < 1.29 is 4.74 Å². The first-order valence-electron chi connectivity index (χ1n) is 7.11. The third kappa shape index (κ3) is 4.54. The van der Waals surface area contributed by atoms with Gasteiger partial charge >= 0.3 is 0 Å². The number of hydrogen-bond acceptors (Lipinski definition) is 4. The van der Waals surface area contributed by atoms with E-state index in [2.05, 4.69) is 9.80 Å². The fraction of sp³-hybridized carbons (Fsp3) is 1.00. The molecule has 0 bridgehead atoms.